The van der Waals surface area contributed by atoms with Gasteiger partial charge in [0.2, 0.25) is 5.95 Å². The predicted octanol–water partition coefficient (Wildman–Crippen LogP) is 4.75. The summed E-state index contributed by atoms with van der Waals surface area (Å²) in [5, 5.41) is 15.6. The normalized spacial score (nSPS) is 23.2. The van der Waals surface area contributed by atoms with Crippen LogP contribution in [0.5, 0.6) is 0 Å². The van der Waals surface area contributed by atoms with Crippen molar-refractivity contribution in [2.24, 2.45) is 5.92 Å². The summed E-state index contributed by atoms with van der Waals surface area (Å²) in [6.07, 6.45) is 2.88. The van der Waals surface area contributed by atoms with Crippen LogP contribution in [0.1, 0.15) is 70.6 Å². The Hall–Kier alpha value is -2.50. The van der Waals surface area contributed by atoms with E-state index in [0.29, 0.717) is 43.6 Å². The number of allylic oxidation sites excluding steroid dienone is 1. The minimum Gasteiger partial charge on any atom is -0.351 e. The molecule has 0 saturated carbocycles. The van der Waals surface area contributed by atoms with Crippen LogP contribution in [0.4, 0.5) is 19.1 Å². The minimum absolute atomic E-state index is 0.0304. The smallest absolute Gasteiger partial charge is 0.351 e. The van der Waals surface area contributed by atoms with Crippen molar-refractivity contribution in [1.29, 1.82) is 0 Å². The number of alkyl halides is 3. The van der Waals surface area contributed by atoms with E-state index in [0.717, 1.165) is 42.6 Å². The lowest BCUT2D eigenvalue weighted by molar-refractivity contribution is -0.232. The van der Waals surface area contributed by atoms with E-state index in [1.165, 1.54) is 0 Å². The summed E-state index contributed by atoms with van der Waals surface area (Å²) in [4.78, 5) is 23.5. The summed E-state index contributed by atoms with van der Waals surface area (Å²) in [5.74, 6) is 0.184. The van der Waals surface area contributed by atoms with E-state index in [1.807, 2.05) is 4.90 Å². The number of hydrogen-bond acceptors (Lipinski definition) is 7. The van der Waals surface area contributed by atoms with Crippen LogP contribution < -0.4 is 5.32 Å². The van der Waals surface area contributed by atoms with Crippen molar-refractivity contribution in [2.75, 3.05) is 32.0 Å². The highest BCUT2D eigenvalue weighted by molar-refractivity contribution is 6.02. The number of nitrogens with one attached hydrogen (secondary N) is 1. The lowest BCUT2D eigenvalue weighted by Crippen LogP contribution is -2.46. The molecule has 1 amide bonds. The topological polar surface area (TPSA) is 84.8 Å². The van der Waals surface area contributed by atoms with Crippen LogP contribution in [0.3, 0.4) is 0 Å². The predicted molar refractivity (Wildman–Crippen MR) is 134 cm³/mol. The second-order valence-electron chi connectivity index (χ2n) is 10.3. The molecule has 0 aliphatic carbocycles. The number of carbonyl (C=O) groups is 1. The average Bonchev–Trinajstić information content (AvgIpc) is 3.14. The molecule has 3 aliphatic heterocycles. The quantitative estimate of drug-likeness (QED) is 0.500. The molecule has 11 heteroatoms. The molecule has 2 N–H and O–H groups in total. The Labute approximate surface area is 216 Å². The van der Waals surface area contributed by atoms with E-state index in [-0.39, 0.29) is 35.6 Å². The number of nitrogens with zero attached hydrogens (tertiary/aromatic N) is 5. The van der Waals surface area contributed by atoms with Crippen LogP contribution in [0, 0.1) is 5.92 Å². The Kier molecular flexibility index (Phi) is 8.25. The van der Waals surface area contributed by atoms with Crippen LogP contribution in [0.25, 0.3) is 5.57 Å². The van der Waals surface area contributed by atoms with Crippen LogP contribution in [0.15, 0.2) is 23.4 Å². The van der Waals surface area contributed by atoms with Gasteiger partial charge in [-0.1, -0.05) is 13.8 Å². The Morgan fingerprint density at radius 1 is 1.27 bits per heavy atom. The Morgan fingerprint density at radius 2 is 1.97 bits per heavy atom. The largest absolute Gasteiger partial charge is 0.419 e. The van der Waals surface area contributed by atoms with Gasteiger partial charge in [0.25, 0.3) is 5.91 Å². The van der Waals surface area contributed by atoms with E-state index in [1.54, 1.807) is 25.1 Å². The number of hydrazine groups is 1. The van der Waals surface area contributed by atoms with Crippen LogP contribution in [0.2, 0.25) is 0 Å². The van der Waals surface area contributed by atoms with Crippen molar-refractivity contribution in [1.82, 2.24) is 25.0 Å². The highest BCUT2D eigenvalue weighted by atomic mass is 19.4. The van der Waals surface area contributed by atoms with Gasteiger partial charge in [-0.3, -0.25) is 10.0 Å². The van der Waals surface area contributed by atoms with E-state index < -0.39 is 11.7 Å². The van der Waals surface area contributed by atoms with Gasteiger partial charge < -0.3 is 10.2 Å². The summed E-state index contributed by atoms with van der Waals surface area (Å²) in [6, 6.07) is 0.000850. The molecule has 4 rings (SSSR count). The average molecular weight is 523 g/mol. The molecular weight excluding hydrogens is 485 g/mol. The molecule has 2 saturated heterocycles. The molecule has 3 aliphatic rings. The summed E-state index contributed by atoms with van der Waals surface area (Å²) >= 11 is 0. The van der Waals surface area contributed by atoms with Crippen LogP contribution in [-0.4, -0.2) is 74.9 Å². The van der Waals surface area contributed by atoms with Crippen molar-refractivity contribution in [3.05, 3.63) is 34.7 Å². The SMILES string of the molecule is CCC(C)C1=C(/C=C(\C)c2nc(NC3CCN(N(C)O)CC3)ncc2C(F)(F)F)C(=O)N2CCCCC12. The fourth-order valence-electron chi connectivity index (χ4n) is 5.64. The molecule has 2 fully saturated rings. The molecule has 0 bridgehead atoms. The van der Waals surface area contributed by atoms with E-state index in [4.69, 9.17) is 0 Å². The van der Waals surface area contributed by atoms with Gasteiger partial charge in [0, 0.05) is 44.5 Å². The maximum Gasteiger partial charge on any atom is 0.419 e. The number of piperidine rings is 2. The molecule has 1 aromatic rings. The fourth-order valence-corrected chi connectivity index (χ4v) is 5.64. The van der Waals surface area contributed by atoms with Gasteiger partial charge in [0.1, 0.15) is 0 Å². The minimum atomic E-state index is -4.63. The fraction of sp³-hybridized carbons (Fsp3) is 0.654. The molecule has 37 heavy (non-hydrogen) atoms. The standard InChI is InChI=1S/C26H37F3N6O2/c1-5-16(2)22-19(24(36)35-11-7-6-8-21(22)35)14-17(3)23-20(26(27,28)29)15-30-25(32-23)31-18-9-12-34(13-10-18)33(4)37/h14-16,18,21,37H,5-13H2,1-4H3,(H,30,31,32)/b17-14+. The maximum atomic E-state index is 14.0. The number of fused-ring (bicyclic) bond motifs is 1. The van der Waals surface area contributed by atoms with Gasteiger partial charge in [-0.05, 0) is 68.6 Å². The van der Waals surface area contributed by atoms with Crippen molar-refractivity contribution in [2.45, 2.75) is 77.6 Å². The van der Waals surface area contributed by atoms with Gasteiger partial charge in [-0.25, -0.2) is 15.0 Å². The first-order valence-electron chi connectivity index (χ1n) is 13.1. The highest BCUT2D eigenvalue weighted by Crippen LogP contribution is 2.40. The molecule has 8 nitrogen and oxygen atoms in total. The molecule has 4 heterocycles. The molecule has 2 atom stereocenters. The lowest BCUT2D eigenvalue weighted by atomic mass is 9.86. The second-order valence-corrected chi connectivity index (χ2v) is 10.3. The van der Waals surface area contributed by atoms with E-state index >= 15 is 0 Å². The third-order valence-electron chi connectivity index (χ3n) is 7.85. The second kappa shape index (κ2) is 11.1. The summed E-state index contributed by atoms with van der Waals surface area (Å²) in [5.41, 5.74) is 0.704. The van der Waals surface area contributed by atoms with Gasteiger partial charge in [0.05, 0.1) is 17.3 Å². The molecule has 0 radical (unpaired) electrons. The number of anilines is 1. The first-order valence-corrected chi connectivity index (χ1v) is 13.1. The maximum absolute atomic E-state index is 14.0. The highest BCUT2D eigenvalue weighted by Gasteiger charge is 2.41. The first-order chi connectivity index (χ1) is 17.5. The number of rotatable bonds is 7. The van der Waals surface area contributed by atoms with Crippen LogP contribution in [-0.2, 0) is 11.0 Å². The number of hydroxylamine groups is 1. The summed E-state index contributed by atoms with van der Waals surface area (Å²) in [6.45, 7) is 7.61. The third kappa shape index (κ3) is 5.83. The van der Waals surface area contributed by atoms with Crippen molar-refractivity contribution in [3.8, 4) is 0 Å². The van der Waals surface area contributed by atoms with Gasteiger partial charge >= 0.3 is 6.18 Å². The zero-order chi connectivity index (χ0) is 26.9. The Morgan fingerprint density at radius 3 is 2.59 bits per heavy atom. The number of aromatic nitrogens is 2. The molecule has 0 aromatic carbocycles. The molecule has 204 valence electrons. The summed E-state index contributed by atoms with van der Waals surface area (Å²) in [7, 11) is 1.55. The molecule has 1 aromatic heterocycles. The van der Waals surface area contributed by atoms with Gasteiger partial charge in [-0.15, -0.1) is 5.17 Å². The Bertz CT molecular complexity index is 1060. The third-order valence-corrected chi connectivity index (χ3v) is 7.85. The van der Waals surface area contributed by atoms with Crippen molar-refractivity contribution < 1.29 is 23.2 Å². The monoisotopic (exact) mass is 522 g/mol. The van der Waals surface area contributed by atoms with Gasteiger partial charge in [0.15, 0.2) is 0 Å². The Balaban J connectivity index is 1.67. The zero-order valence-corrected chi connectivity index (χ0v) is 22.0. The van der Waals surface area contributed by atoms with Crippen LogP contribution >= 0.6 is 0 Å². The van der Waals surface area contributed by atoms with E-state index in [2.05, 4.69) is 29.1 Å². The zero-order valence-electron chi connectivity index (χ0n) is 22.0. The van der Waals surface area contributed by atoms with Gasteiger partial charge in [-0.2, -0.15) is 13.2 Å². The molecule has 0 spiro atoms. The molecule has 2 unspecified atom stereocenters. The number of halogens is 3. The van der Waals surface area contributed by atoms with Crippen molar-refractivity contribution in [3.63, 3.8) is 0 Å². The number of carbonyl (C=O) groups excluding carboxylic acids is 1. The molecular formula is C26H37F3N6O2. The van der Waals surface area contributed by atoms with E-state index in [9.17, 15) is 23.2 Å². The number of hydrogen-bond donors (Lipinski definition) is 2. The number of amides is 1. The lowest BCUT2D eigenvalue weighted by Gasteiger charge is -2.34. The summed E-state index contributed by atoms with van der Waals surface area (Å²) < 4.78 is 41.9. The first kappa shape index (κ1) is 27.5. The van der Waals surface area contributed by atoms with Crippen molar-refractivity contribution >= 4 is 17.4 Å².